The van der Waals surface area contributed by atoms with Gasteiger partial charge in [-0.25, -0.2) is 0 Å². The number of rotatable bonds is 0. The van der Waals surface area contributed by atoms with Crippen molar-refractivity contribution in [2.24, 2.45) is 4.99 Å². The van der Waals surface area contributed by atoms with Crippen molar-refractivity contribution in [3.05, 3.63) is 0 Å². The Kier molecular flexibility index (Phi) is 1.03. The molecule has 0 aliphatic carbocycles. The molecule has 0 bridgehead atoms. The summed E-state index contributed by atoms with van der Waals surface area (Å²) < 4.78 is 0. The second-order valence-corrected chi connectivity index (χ2v) is 2.78. The maximum atomic E-state index is 4.20. The van der Waals surface area contributed by atoms with Crippen LogP contribution in [0.1, 0.15) is 0 Å². The molecule has 0 aromatic rings. The van der Waals surface area contributed by atoms with E-state index in [1.165, 1.54) is 5.04 Å². The summed E-state index contributed by atoms with van der Waals surface area (Å²) in [5.74, 6) is 1.01. The molecule has 0 spiro atoms. The molecule has 2 aliphatic rings. The molecule has 2 rings (SSSR count). The molecule has 2 heterocycles. The van der Waals surface area contributed by atoms with Crippen molar-refractivity contribution in [1.82, 2.24) is 10.6 Å². The first kappa shape index (κ1) is 4.78. The molecule has 1 saturated heterocycles. The summed E-state index contributed by atoms with van der Waals surface area (Å²) in [6.45, 7) is 0.792. The highest BCUT2D eigenvalue weighted by Crippen LogP contribution is 2.15. The Bertz CT molecular complexity index is 133. The van der Waals surface area contributed by atoms with Crippen LogP contribution in [-0.2, 0) is 0 Å². The molecule has 2 N–H and O–H groups in total. The molecule has 0 saturated carbocycles. The van der Waals surface area contributed by atoms with Gasteiger partial charge < -0.3 is 0 Å². The summed E-state index contributed by atoms with van der Waals surface area (Å²) in [6, 6.07) is 0. The second kappa shape index (κ2) is 1.72. The van der Waals surface area contributed by atoms with Gasteiger partial charge >= 0.3 is 0 Å². The van der Waals surface area contributed by atoms with Gasteiger partial charge in [0.1, 0.15) is 11.2 Å². The van der Waals surface area contributed by atoms with Gasteiger partial charge in [-0.2, -0.15) is 0 Å². The molecular weight excluding hydrogens is 122 g/mol. The topological polar surface area (TPSA) is 36.4 Å². The smallest absolute Gasteiger partial charge is 0.109 e. The third-order valence-electron chi connectivity index (χ3n) is 1.28. The van der Waals surface area contributed by atoms with E-state index in [9.17, 15) is 0 Å². The highest BCUT2D eigenvalue weighted by Gasteiger charge is 2.24. The first-order valence-corrected chi connectivity index (χ1v) is 3.59. The van der Waals surface area contributed by atoms with E-state index in [0.29, 0.717) is 6.17 Å². The SMILES string of the molecule is C1N=C2SCNC2N1. The number of nitrogens with one attached hydrogen (secondary N) is 2. The Labute approximate surface area is 51.9 Å². The fourth-order valence-corrected chi connectivity index (χ4v) is 1.77. The number of fused-ring (bicyclic) bond motifs is 1. The van der Waals surface area contributed by atoms with E-state index in [2.05, 4.69) is 15.6 Å². The third-order valence-corrected chi connectivity index (χ3v) is 2.26. The minimum atomic E-state index is 0.389. The molecule has 0 radical (unpaired) electrons. The van der Waals surface area contributed by atoms with Crippen molar-refractivity contribution in [2.75, 3.05) is 12.5 Å². The summed E-state index contributed by atoms with van der Waals surface area (Å²) in [7, 11) is 0. The van der Waals surface area contributed by atoms with Gasteiger partial charge in [0.25, 0.3) is 0 Å². The average molecular weight is 129 g/mol. The first-order chi connectivity index (χ1) is 3.97. The van der Waals surface area contributed by atoms with E-state index in [1.54, 1.807) is 11.8 Å². The van der Waals surface area contributed by atoms with Gasteiger partial charge in [-0.05, 0) is 0 Å². The third kappa shape index (κ3) is 0.571. The lowest BCUT2D eigenvalue weighted by Gasteiger charge is -2.00. The Morgan fingerprint density at radius 2 is 2.62 bits per heavy atom. The number of nitrogens with zero attached hydrogens (tertiary/aromatic N) is 1. The molecule has 0 aromatic carbocycles. The molecule has 1 atom stereocenters. The van der Waals surface area contributed by atoms with E-state index in [0.717, 1.165) is 12.5 Å². The van der Waals surface area contributed by atoms with Crippen LogP contribution in [0.2, 0.25) is 0 Å². The van der Waals surface area contributed by atoms with Gasteiger partial charge in [0.2, 0.25) is 0 Å². The lowest BCUT2D eigenvalue weighted by atomic mass is 10.6. The number of aliphatic imine (C=N–C) groups is 1. The van der Waals surface area contributed by atoms with E-state index >= 15 is 0 Å². The fourth-order valence-electron chi connectivity index (χ4n) is 0.881. The highest BCUT2D eigenvalue weighted by molar-refractivity contribution is 8.14. The minimum absolute atomic E-state index is 0.389. The summed E-state index contributed by atoms with van der Waals surface area (Å²) in [5, 5.41) is 7.65. The molecule has 44 valence electrons. The Morgan fingerprint density at radius 1 is 1.62 bits per heavy atom. The Hall–Kier alpha value is -0.0600. The van der Waals surface area contributed by atoms with Crippen LogP contribution in [0.5, 0.6) is 0 Å². The molecule has 8 heavy (non-hydrogen) atoms. The molecule has 0 aromatic heterocycles. The van der Waals surface area contributed by atoms with Gasteiger partial charge in [0.05, 0.1) is 6.67 Å². The average Bonchev–Trinajstić information content (AvgIpc) is 2.15. The van der Waals surface area contributed by atoms with E-state index in [4.69, 9.17) is 0 Å². The zero-order chi connectivity index (χ0) is 5.40. The Balaban J connectivity index is 2.20. The molecule has 1 unspecified atom stereocenters. The van der Waals surface area contributed by atoms with E-state index in [1.807, 2.05) is 0 Å². The Morgan fingerprint density at radius 3 is 3.50 bits per heavy atom. The predicted octanol–water partition coefficient (Wildman–Crippen LogP) is -0.434. The standard InChI is InChI=1S/C4H7N3S/c1-5-3-4(6-1)8-2-7-3/h3,5,7H,1-2H2. The van der Waals surface area contributed by atoms with Crippen LogP contribution in [0.4, 0.5) is 0 Å². The molecular formula is C4H7N3S. The van der Waals surface area contributed by atoms with Gasteiger partial charge in [-0.1, -0.05) is 11.8 Å². The van der Waals surface area contributed by atoms with Crippen LogP contribution >= 0.6 is 11.8 Å². The maximum absolute atomic E-state index is 4.20. The van der Waals surface area contributed by atoms with Crippen LogP contribution < -0.4 is 10.6 Å². The monoisotopic (exact) mass is 129 g/mol. The molecule has 2 aliphatic heterocycles. The largest absolute Gasteiger partial charge is 0.287 e. The maximum Gasteiger partial charge on any atom is 0.109 e. The molecule has 1 fully saturated rings. The zero-order valence-electron chi connectivity index (χ0n) is 4.35. The highest BCUT2D eigenvalue weighted by atomic mass is 32.2. The quantitative estimate of drug-likeness (QED) is 0.466. The summed E-state index contributed by atoms with van der Waals surface area (Å²) in [5.41, 5.74) is 0. The van der Waals surface area contributed by atoms with Crippen LogP contribution in [0.25, 0.3) is 0 Å². The number of hydrogen-bond acceptors (Lipinski definition) is 4. The van der Waals surface area contributed by atoms with Crippen molar-refractivity contribution < 1.29 is 0 Å². The number of thioether (sulfide) groups is 1. The van der Waals surface area contributed by atoms with Gasteiger partial charge in [-0.3, -0.25) is 15.6 Å². The lowest BCUT2D eigenvalue weighted by molar-refractivity contribution is 0.609. The van der Waals surface area contributed by atoms with Crippen molar-refractivity contribution in [3.63, 3.8) is 0 Å². The van der Waals surface area contributed by atoms with Crippen molar-refractivity contribution in [2.45, 2.75) is 6.17 Å². The van der Waals surface area contributed by atoms with Gasteiger partial charge in [0.15, 0.2) is 0 Å². The summed E-state index contributed by atoms with van der Waals surface area (Å²) >= 11 is 1.79. The van der Waals surface area contributed by atoms with Gasteiger partial charge in [-0.15, -0.1) is 0 Å². The van der Waals surface area contributed by atoms with Crippen LogP contribution in [-0.4, -0.2) is 23.8 Å². The second-order valence-electron chi connectivity index (χ2n) is 1.78. The molecule has 0 amide bonds. The van der Waals surface area contributed by atoms with E-state index < -0.39 is 0 Å². The van der Waals surface area contributed by atoms with Crippen molar-refractivity contribution in [3.8, 4) is 0 Å². The molecule has 4 heteroatoms. The molecule has 3 nitrogen and oxygen atoms in total. The lowest BCUT2D eigenvalue weighted by Crippen LogP contribution is -2.36. The van der Waals surface area contributed by atoms with E-state index in [-0.39, 0.29) is 0 Å². The van der Waals surface area contributed by atoms with Crippen LogP contribution in [0, 0.1) is 0 Å². The fraction of sp³-hybridized carbons (Fsp3) is 0.750. The first-order valence-electron chi connectivity index (χ1n) is 2.61. The van der Waals surface area contributed by atoms with Crippen LogP contribution in [0.15, 0.2) is 4.99 Å². The number of hydrogen-bond donors (Lipinski definition) is 2. The predicted molar refractivity (Wildman–Crippen MR) is 34.8 cm³/mol. The van der Waals surface area contributed by atoms with Crippen molar-refractivity contribution >= 4 is 16.8 Å². The zero-order valence-corrected chi connectivity index (χ0v) is 5.16. The van der Waals surface area contributed by atoms with Crippen LogP contribution in [0.3, 0.4) is 0 Å². The minimum Gasteiger partial charge on any atom is -0.287 e. The van der Waals surface area contributed by atoms with Crippen molar-refractivity contribution in [1.29, 1.82) is 0 Å². The normalized spacial score (nSPS) is 35.0. The summed E-state index contributed by atoms with van der Waals surface area (Å²) in [6.07, 6.45) is 0.389. The summed E-state index contributed by atoms with van der Waals surface area (Å²) in [4.78, 5) is 4.20. The van der Waals surface area contributed by atoms with Gasteiger partial charge in [0, 0.05) is 5.88 Å².